The van der Waals surface area contributed by atoms with Crippen LogP contribution in [0, 0.1) is 0 Å². The van der Waals surface area contributed by atoms with Crippen molar-refractivity contribution >= 4 is 10.0 Å². The predicted octanol–water partition coefficient (Wildman–Crippen LogP) is 0.619. The van der Waals surface area contributed by atoms with Gasteiger partial charge in [0.15, 0.2) is 0 Å². The molecular weight excluding hydrogens is 214 g/mol. The number of nitrogens with two attached hydrogens (primary N) is 1. The van der Waals surface area contributed by atoms with Crippen molar-refractivity contribution in [1.29, 1.82) is 0 Å². The number of primary sulfonamides is 1. The fourth-order valence-corrected chi connectivity index (χ4v) is 2.62. The number of hydrogen-bond acceptors (Lipinski definition) is 3. The van der Waals surface area contributed by atoms with Crippen LogP contribution >= 0.6 is 0 Å². The molecule has 2 atom stereocenters. The van der Waals surface area contributed by atoms with Crippen LogP contribution in [0.1, 0.15) is 22.5 Å². The van der Waals surface area contributed by atoms with E-state index in [1.54, 1.807) is 24.3 Å². The summed E-state index contributed by atoms with van der Waals surface area (Å²) >= 11 is 0. The Kier molecular flexibility index (Phi) is 2.38. The van der Waals surface area contributed by atoms with Crippen LogP contribution in [0.4, 0.5) is 0 Å². The zero-order valence-electron chi connectivity index (χ0n) is 7.87. The molecule has 2 rings (SSSR count). The molecule has 0 fully saturated rings. The minimum Gasteiger partial charge on any atom is -0.384 e. The average molecular weight is 225 g/mol. The molecule has 1 aliphatic rings. The molecule has 0 saturated heterocycles. The summed E-state index contributed by atoms with van der Waals surface area (Å²) in [5.41, 5.74) is 1.15. The second kappa shape index (κ2) is 3.44. The lowest BCUT2D eigenvalue weighted by atomic mass is 9.94. The van der Waals surface area contributed by atoms with Gasteiger partial charge in [-0.1, -0.05) is 36.4 Å². The van der Waals surface area contributed by atoms with Crippen molar-refractivity contribution in [2.45, 2.75) is 11.4 Å². The number of rotatable bonds is 1. The average Bonchev–Trinajstić information content (AvgIpc) is 2.17. The van der Waals surface area contributed by atoms with Crippen molar-refractivity contribution in [2.75, 3.05) is 0 Å². The number of fused-ring (bicyclic) bond motifs is 1. The summed E-state index contributed by atoms with van der Waals surface area (Å²) in [6, 6.07) is 6.84. The molecule has 80 valence electrons. The molecule has 0 aliphatic heterocycles. The normalized spacial score (nSPS) is 24.9. The number of hydrogen-bond donors (Lipinski definition) is 2. The SMILES string of the molecule is NS(=O)(=O)C1C=CC(O)c2ccccc21. The lowest BCUT2D eigenvalue weighted by Crippen LogP contribution is -2.23. The first kappa shape index (κ1) is 10.4. The van der Waals surface area contributed by atoms with E-state index >= 15 is 0 Å². The zero-order valence-corrected chi connectivity index (χ0v) is 8.68. The summed E-state index contributed by atoms with van der Waals surface area (Å²) in [6.45, 7) is 0. The van der Waals surface area contributed by atoms with Crippen LogP contribution in [-0.4, -0.2) is 13.5 Å². The van der Waals surface area contributed by atoms with E-state index in [1.165, 1.54) is 12.2 Å². The van der Waals surface area contributed by atoms with Gasteiger partial charge in [0.05, 0.1) is 6.10 Å². The zero-order chi connectivity index (χ0) is 11.1. The Morgan fingerprint density at radius 2 is 1.73 bits per heavy atom. The van der Waals surface area contributed by atoms with Crippen molar-refractivity contribution in [2.24, 2.45) is 5.14 Å². The number of aliphatic hydroxyl groups excluding tert-OH is 1. The summed E-state index contributed by atoms with van der Waals surface area (Å²) in [5, 5.41) is 13.9. The van der Waals surface area contributed by atoms with Gasteiger partial charge in [0.25, 0.3) is 0 Å². The molecule has 4 nitrogen and oxygen atoms in total. The van der Waals surface area contributed by atoms with Crippen LogP contribution in [0.25, 0.3) is 0 Å². The van der Waals surface area contributed by atoms with Crippen LogP contribution in [0.5, 0.6) is 0 Å². The summed E-state index contributed by atoms with van der Waals surface area (Å²) in [4.78, 5) is 0. The monoisotopic (exact) mass is 225 g/mol. The van der Waals surface area contributed by atoms with Crippen molar-refractivity contribution in [3.8, 4) is 0 Å². The number of benzene rings is 1. The molecule has 1 aliphatic carbocycles. The Hall–Kier alpha value is -1.17. The van der Waals surface area contributed by atoms with Gasteiger partial charge in [-0.15, -0.1) is 0 Å². The molecular formula is C10H11NO3S. The third-order valence-corrected chi connectivity index (χ3v) is 3.56. The fraction of sp³-hybridized carbons (Fsp3) is 0.200. The van der Waals surface area contributed by atoms with Gasteiger partial charge in [-0.25, -0.2) is 13.6 Å². The summed E-state index contributed by atoms with van der Waals surface area (Å²) in [7, 11) is -3.66. The third-order valence-electron chi connectivity index (χ3n) is 2.44. The second-order valence-electron chi connectivity index (χ2n) is 3.47. The van der Waals surface area contributed by atoms with Crippen molar-refractivity contribution in [3.05, 3.63) is 47.5 Å². The first-order valence-electron chi connectivity index (χ1n) is 4.47. The summed E-state index contributed by atoms with van der Waals surface area (Å²) in [5.74, 6) is 0. The molecule has 0 aromatic heterocycles. The molecule has 0 spiro atoms. The Labute approximate surface area is 88.1 Å². The highest BCUT2D eigenvalue weighted by Gasteiger charge is 2.28. The van der Waals surface area contributed by atoms with Gasteiger partial charge in [0.2, 0.25) is 10.0 Å². The lowest BCUT2D eigenvalue weighted by molar-refractivity contribution is 0.225. The summed E-state index contributed by atoms with van der Waals surface area (Å²) < 4.78 is 22.6. The van der Waals surface area contributed by atoms with Crippen LogP contribution in [0.3, 0.4) is 0 Å². The first-order valence-corrected chi connectivity index (χ1v) is 6.08. The van der Waals surface area contributed by atoms with Crippen molar-refractivity contribution in [3.63, 3.8) is 0 Å². The first-order chi connectivity index (χ1) is 7.00. The summed E-state index contributed by atoms with van der Waals surface area (Å²) in [6.07, 6.45) is 2.11. The van der Waals surface area contributed by atoms with Crippen LogP contribution < -0.4 is 5.14 Å². The van der Waals surface area contributed by atoms with Gasteiger partial charge in [0, 0.05) is 0 Å². The molecule has 1 aromatic rings. The molecule has 3 N–H and O–H groups in total. The smallest absolute Gasteiger partial charge is 0.219 e. The highest BCUT2D eigenvalue weighted by molar-refractivity contribution is 7.89. The fourth-order valence-electron chi connectivity index (χ4n) is 1.74. The van der Waals surface area contributed by atoms with Crippen molar-refractivity contribution < 1.29 is 13.5 Å². The molecule has 2 unspecified atom stereocenters. The van der Waals surface area contributed by atoms with E-state index in [2.05, 4.69) is 0 Å². The van der Waals surface area contributed by atoms with Gasteiger partial charge in [-0.05, 0) is 11.1 Å². The van der Waals surface area contributed by atoms with E-state index in [1.807, 2.05) is 0 Å². The minimum atomic E-state index is -3.66. The Morgan fingerprint density at radius 1 is 1.13 bits per heavy atom. The number of sulfonamides is 1. The molecule has 0 heterocycles. The topological polar surface area (TPSA) is 80.4 Å². The van der Waals surface area contributed by atoms with E-state index in [4.69, 9.17) is 5.14 Å². The lowest BCUT2D eigenvalue weighted by Gasteiger charge is -2.22. The molecule has 5 heteroatoms. The second-order valence-corrected chi connectivity index (χ2v) is 5.15. The van der Waals surface area contributed by atoms with Gasteiger partial charge in [-0.3, -0.25) is 0 Å². The molecule has 0 radical (unpaired) electrons. The minimum absolute atomic E-state index is 0.551. The predicted molar refractivity (Wildman–Crippen MR) is 56.4 cm³/mol. The Morgan fingerprint density at radius 3 is 2.33 bits per heavy atom. The van der Waals surface area contributed by atoms with Crippen LogP contribution in [-0.2, 0) is 10.0 Å². The maximum atomic E-state index is 11.3. The molecule has 15 heavy (non-hydrogen) atoms. The highest BCUT2D eigenvalue weighted by atomic mass is 32.2. The van der Waals surface area contributed by atoms with E-state index in [0.717, 1.165) is 0 Å². The van der Waals surface area contributed by atoms with E-state index in [-0.39, 0.29) is 0 Å². The maximum absolute atomic E-state index is 11.3. The van der Waals surface area contributed by atoms with Crippen LogP contribution in [0.2, 0.25) is 0 Å². The van der Waals surface area contributed by atoms with Gasteiger partial charge in [0.1, 0.15) is 5.25 Å². The Balaban J connectivity index is 2.61. The van der Waals surface area contributed by atoms with Gasteiger partial charge < -0.3 is 5.11 Å². The van der Waals surface area contributed by atoms with E-state index in [9.17, 15) is 13.5 Å². The third kappa shape index (κ3) is 1.81. The maximum Gasteiger partial charge on any atom is 0.219 e. The Bertz CT molecular complexity index is 507. The van der Waals surface area contributed by atoms with Gasteiger partial charge in [-0.2, -0.15) is 0 Å². The molecule has 0 amide bonds. The van der Waals surface area contributed by atoms with E-state index in [0.29, 0.717) is 11.1 Å². The van der Waals surface area contributed by atoms with Gasteiger partial charge >= 0.3 is 0 Å². The van der Waals surface area contributed by atoms with Crippen molar-refractivity contribution in [1.82, 2.24) is 0 Å². The largest absolute Gasteiger partial charge is 0.384 e. The quantitative estimate of drug-likeness (QED) is 0.687. The highest BCUT2D eigenvalue weighted by Crippen LogP contribution is 2.34. The van der Waals surface area contributed by atoms with Crippen LogP contribution in [0.15, 0.2) is 36.4 Å². The van der Waals surface area contributed by atoms with E-state index < -0.39 is 21.4 Å². The molecule has 0 saturated carbocycles. The standard InChI is InChI=1S/C10H11NO3S/c11-15(13,14)10-6-5-9(12)7-3-1-2-4-8(7)10/h1-6,9-10,12H,(H2,11,13,14). The number of aliphatic hydroxyl groups is 1. The molecule has 1 aromatic carbocycles. The molecule has 0 bridgehead atoms.